The van der Waals surface area contributed by atoms with Gasteiger partial charge in [-0.05, 0) is 6.07 Å². The highest BCUT2D eigenvalue weighted by atomic mass is 35.5. The van der Waals surface area contributed by atoms with Crippen LogP contribution in [0.5, 0.6) is 0 Å². The molecule has 5 nitrogen and oxygen atoms in total. The van der Waals surface area contributed by atoms with E-state index >= 15 is 0 Å². The fourth-order valence-corrected chi connectivity index (χ4v) is 1.85. The van der Waals surface area contributed by atoms with Gasteiger partial charge >= 0.3 is 6.18 Å². The monoisotopic (exact) mass is 324 g/mol. The van der Waals surface area contributed by atoms with E-state index in [0.717, 1.165) is 6.20 Å². The highest BCUT2D eigenvalue weighted by molar-refractivity contribution is 6.42. The molecule has 0 spiro atoms. The van der Waals surface area contributed by atoms with Crippen molar-refractivity contribution in [1.82, 2.24) is 14.8 Å². The summed E-state index contributed by atoms with van der Waals surface area (Å²) >= 11 is 11.5. The van der Waals surface area contributed by atoms with Crippen LogP contribution in [0.4, 0.5) is 13.2 Å². The number of hydrogen-bond acceptors (Lipinski definition) is 3. The summed E-state index contributed by atoms with van der Waals surface area (Å²) in [6, 6.07) is 1.30. The minimum atomic E-state index is -4.87. The SMILES string of the molecule is NC(=O)c1cnn(-c2nccc(Cl)c2Cl)c1C(F)(F)F. The van der Waals surface area contributed by atoms with E-state index in [-0.39, 0.29) is 15.9 Å². The van der Waals surface area contributed by atoms with Gasteiger partial charge in [0.1, 0.15) is 5.02 Å². The number of rotatable bonds is 2. The molecule has 0 bridgehead atoms. The fraction of sp³-hybridized carbons (Fsp3) is 0.100. The van der Waals surface area contributed by atoms with Gasteiger partial charge in [-0.1, -0.05) is 23.2 Å². The lowest BCUT2D eigenvalue weighted by molar-refractivity contribution is -0.143. The number of halogens is 5. The Hall–Kier alpha value is -1.80. The third-order valence-electron chi connectivity index (χ3n) is 2.33. The molecule has 0 fully saturated rings. The molecule has 0 aliphatic rings. The van der Waals surface area contributed by atoms with Gasteiger partial charge in [-0.15, -0.1) is 0 Å². The van der Waals surface area contributed by atoms with Crippen molar-refractivity contribution in [3.8, 4) is 5.82 Å². The van der Waals surface area contributed by atoms with Crippen molar-refractivity contribution in [2.45, 2.75) is 6.18 Å². The quantitative estimate of drug-likeness (QED) is 0.922. The Labute approximate surface area is 120 Å². The third-order valence-corrected chi connectivity index (χ3v) is 3.11. The molecule has 10 heteroatoms. The van der Waals surface area contributed by atoms with Crippen LogP contribution in [0, 0.1) is 0 Å². The molecule has 0 radical (unpaired) electrons. The van der Waals surface area contributed by atoms with E-state index in [9.17, 15) is 18.0 Å². The molecular weight excluding hydrogens is 320 g/mol. The van der Waals surface area contributed by atoms with Gasteiger partial charge in [0.05, 0.1) is 16.8 Å². The molecule has 1 amide bonds. The van der Waals surface area contributed by atoms with Crippen molar-refractivity contribution in [2.75, 3.05) is 0 Å². The zero-order valence-electron chi connectivity index (χ0n) is 9.45. The first-order chi connectivity index (χ1) is 9.23. The maximum Gasteiger partial charge on any atom is 0.434 e. The van der Waals surface area contributed by atoms with Gasteiger partial charge in [-0.25, -0.2) is 9.67 Å². The molecule has 0 aliphatic heterocycles. The number of nitrogens with zero attached hydrogens (tertiary/aromatic N) is 3. The second-order valence-corrected chi connectivity index (χ2v) is 4.40. The molecule has 0 saturated carbocycles. The summed E-state index contributed by atoms with van der Waals surface area (Å²) in [5.41, 5.74) is 2.76. The summed E-state index contributed by atoms with van der Waals surface area (Å²) in [7, 11) is 0. The van der Waals surface area contributed by atoms with Crippen LogP contribution in [0.2, 0.25) is 10.0 Å². The highest BCUT2D eigenvalue weighted by Gasteiger charge is 2.40. The highest BCUT2D eigenvalue weighted by Crippen LogP contribution is 2.35. The van der Waals surface area contributed by atoms with Crippen LogP contribution >= 0.6 is 23.2 Å². The predicted octanol–water partition coefficient (Wildman–Crippen LogP) is 2.69. The number of hydrogen-bond donors (Lipinski definition) is 1. The molecule has 2 heterocycles. The summed E-state index contributed by atoms with van der Waals surface area (Å²) in [6.07, 6.45) is -3.01. The van der Waals surface area contributed by atoms with Gasteiger partial charge < -0.3 is 5.73 Å². The van der Waals surface area contributed by atoms with E-state index in [2.05, 4.69) is 10.1 Å². The minimum absolute atomic E-state index is 0.000848. The fourth-order valence-electron chi connectivity index (χ4n) is 1.52. The molecule has 0 unspecified atom stereocenters. The van der Waals surface area contributed by atoms with Crippen LogP contribution < -0.4 is 5.73 Å². The molecule has 0 aliphatic carbocycles. The van der Waals surface area contributed by atoms with E-state index in [1.807, 2.05) is 0 Å². The summed E-state index contributed by atoms with van der Waals surface area (Å²) < 4.78 is 39.5. The van der Waals surface area contributed by atoms with E-state index in [1.54, 1.807) is 0 Å². The topological polar surface area (TPSA) is 73.8 Å². The molecular formula is C10H5Cl2F3N4O. The zero-order chi connectivity index (χ0) is 15.1. The molecule has 106 valence electrons. The number of pyridine rings is 1. The average molecular weight is 325 g/mol. The Morgan fingerprint density at radius 2 is 2.00 bits per heavy atom. The molecule has 0 atom stereocenters. The van der Waals surface area contributed by atoms with Gasteiger partial charge in [-0.3, -0.25) is 4.79 Å². The third kappa shape index (κ3) is 2.44. The van der Waals surface area contributed by atoms with Gasteiger partial charge in [0, 0.05) is 6.20 Å². The lowest BCUT2D eigenvalue weighted by Crippen LogP contribution is -2.21. The van der Waals surface area contributed by atoms with Gasteiger partial charge in [0.15, 0.2) is 11.5 Å². The number of aromatic nitrogens is 3. The van der Waals surface area contributed by atoms with E-state index in [4.69, 9.17) is 28.9 Å². The van der Waals surface area contributed by atoms with Crippen LogP contribution in [0.15, 0.2) is 18.5 Å². The number of carbonyl (C=O) groups is 1. The second kappa shape index (κ2) is 4.95. The first kappa shape index (κ1) is 14.6. The van der Waals surface area contributed by atoms with Crippen molar-refractivity contribution < 1.29 is 18.0 Å². The number of nitrogens with two attached hydrogens (primary N) is 1. The lowest BCUT2D eigenvalue weighted by atomic mass is 10.2. The van der Waals surface area contributed by atoms with Crippen molar-refractivity contribution in [3.63, 3.8) is 0 Å². The standard InChI is InChI=1S/C10H5Cl2F3N4O/c11-5-1-2-17-9(6(5)12)19-7(10(13,14)15)4(3-18-19)8(16)20/h1-3H,(H2,16,20). The van der Waals surface area contributed by atoms with Crippen LogP contribution in [0.25, 0.3) is 5.82 Å². The number of alkyl halides is 3. The smallest absolute Gasteiger partial charge is 0.365 e. The van der Waals surface area contributed by atoms with E-state index in [0.29, 0.717) is 10.9 Å². The van der Waals surface area contributed by atoms with Crippen LogP contribution in [-0.4, -0.2) is 20.7 Å². The Morgan fingerprint density at radius 3 is 2.55 bits per heavy atom. The first-order valence-electron chi connectivity index (χ1n) is 4.99. The predicted molar refractivity (Wildman–Crippen MR) is 64.9 cm³/mol. The average Bonchev–Trinajstić information content (AvgIpc) is 2.77. The van der Waals surface area contributed by atoms with Gasteiger partial charge in [0.2, 0.25) is 0 Å². The summed E-state index contributed by atoms with van der Waals surface area (Å²) in [5.74, 6) is -1.61. The zero-order valence-corrected chi connectivity index (χ0v) is 11.0. The lowest BCUT2D eigenvalue weighted by Gasteiger charge is -2.12. The van der Waals surface area contributed by atoms with Crippen LogP contribution in [0.3, 0.4) is 0 Å². The number of carbonyl (C=O) groups excluding carboxylic acids is 1. The van der Waals surface area contributed by atoms with Crippen molar-refractivity contribution in [3.05, 3.63) is 39.8 Å². The molecule has 2 aromatic rings. The summed E-state index contributed by atoms with van der Waals surface area (Å²) in [4.78, 5) is 14.7. The molecule has 2 N–H and O–H groups in total. The summed E-state index contributed by atoms with van der Waals surface area (Å²) in [5, 5.41) is 3.24. The van der Waals surface area contributed by atoms with Gasteiger partial charge in [-0.2, -0.15) is 18.3 Å². The minimum Gasteiger partial charge on any atom is -0.365 e. The molecule has 0 aromatic carbocycles. The first-order valence-corrected chi connectivity index (χ1v) is 5.74. The van der Waals surface area contributed by atoms with Crippen molar-refractivity contribution >= 4 is 29.1 Å². The number of amides is 1. The van der Waals surface area contributed by atoms with Crippen LogP contribution in [0.1, 0.15) is 16.1 Å². The Balaban J connectivity index is 2.76. The largest absolute Gasteiger partial charge is 0.434 e. The van der Waals surface area contributed by atoms with Gasteiger partial charge in [0.25, 0.3) is 5.91 Å². The number of primary amides is 1. The van der Waals surface area contributed by atoms with Crippen LogP contribution in [-0.2, 0) is 6.18 Å². The van der Waals surface area contributed by atoms with Crippen molar-refractivity contribution in [2.24, 2.45) is 5.73 Å². The second-order valence-electron chi connectivity index (χ2n) is 3.61. The van der Waals surface area contributed by atoms with Crippen molar-refractivity contribution in [1.29, 1.82) is 0 Å². The van der Waals surface area contributed by atoms with E-state index in [1.165, 1.54) is 6.07 Å². The van der Waals surface area contributed by atoms with E-state index < -0.39 is 23.3 Å². The molecule has 20 heavy (non-hydrogen) atoms. The molecule has 0 saturated heterocycles. The maximum atomic E-state index is 13.0. The summed E-state index contributed by atoms with van der Waals surface area (Å²) in [6.45, 7) is 0. The Bertz CT molecular complexity index is 684. The Kier molecular flexibility index (Phi) is 3.61. The molecule has 2 aromatic heterocycles. The normalized spacial score (nSPS) is 11.7. The Morgan fingerprint density at radius 1 is 1.35 bits per heavy atom. The maximum absolute atomic E-state index is 13.0. The molecule has 2 rings (SSSR count).